The predicted octanol–water partition coefficient (Wildman–Crippen LogP) is 1.64. The van der Waals surface area contributed by atoms with E-state index in [-0.39, 0.29) is 24.8 Å². The van der Waals surface area contributed by atoms with E-state index < -0.39 is 0 Å². The SMILES string of the molecule is Cc1noc(C)c1CCN.Cl.Cl. The Hall–Kier alpha value is -0.250. The molecule has 0 aliphatic rings. The molecule has 1 aromatic rings. The summed E-state index contributed by atoms with van der Waals surface area (Å²) in [4.78, 5) is 0. The number of nitrogens with two attached hydrogens (primary N) is 1. The first-order valence-electron chi connectivity index (χ1n) is 3.37. The Morgan fingerprint density at radius 3 is 2.25 bits per heavy atom. The van der Waals surface area contributed by atoms with Crippen molar-refractivity contribution in [1.29, 1.82) is 0 Å². The minimum absolute atomic E-state index is 0. The van der Waals surface area contributed by atoms with Gasteiger partial charge in [-0.25, -0.2) is 0 Å². The molecule has 0 aliphatic carbocycles. The van der Waals surface area contributed by atoms with E-state index in [0.29, 0.717) is 6.54 Å². The molecule has 0 spiro atoms. The van der Waals surface area contributed by atoms with Crippen molar-refractivity contribution < 1.29 is 4.52 Å². The lowest BCUT2D eigenvalue weighted by molar-refractivity contribution is 0.392. The van der Waals surface area contributed by atoms with Crippen LogP contribution in [0.1, 0.15) is 17.0 Å². The molecule has 72 valence electrons. The van der Waals surface area contributed by atoms with E-state index in [1.165, 1.54) is 0 Å². The summed E-state index contributed by atoms with van der Waals surface area (Å²) in [6.07, 6.45) is 0.862. The van der Waals surface area contributed by atoms with Gasteiger partial charge in [-0.1, -0.05) is 5.16 Å². The van der Waals surface area contributed by atoms with Crippen LogP contribution in [-0.4, -0.2) is 11.7 Å². The quantitative estimate of drug-likeness (QED) is 0.812. The van der Waals surface area contributed by atoms with Gasteiger partial charge in [-0.15, -0.1) is 24.8 Å². The van der Waals surface area contributed by atoms with Gasteiger partial charge >= 0.3 is 0 Å². The highest BCUT2D eigenvalue weighted by Gasteiger charge is 2.06. The topological polar surface area (TPSA) is 52.0 Å². The highest BCUT2D eigenvalue weighted by atomic mass is 35.5. The Bertz CT molecular complexity index is 206. The summed E-state index contributed by atoms with van der Waals surface area (Å²) in [5.74, 6) is 0.892. The molecule has 0 radical (unpaired) electrons. The normalized spacial score (nSPS) is 8.58. The number of rotatable bonds is 2. The number of hydrogen-bond donors (Lipinski definition) is 1. The molecular formula is C7H14Cl2N2O. The van der Waals surface area contributed by atoms with Crippen LogP contribution in [0.2, 0.25) is 0 Å². The predicted molar refractivity (Wildman–Crippen MR) is 53.2 cm³/mol. The van der Waals surface area contributed by atoms with Crippen LogP contribution in [0, 0.1) is 13.8 Å². The summed E-state index contributed by atoms with van der Waals surface area (Å²) in [5.41, 5.74) is 7.50. The fourth-order valence-corrected chi connectivity index (χ4v) is 1.00. The second kappa shape index (κ2) is 6.29. The minimum Gasteiger partial charge on any atom is -0.361 e. The number of hydrogen-bond acceptors (Lipinski definition) is 3. The average Bonchev–Trinajstić information content (AvgIpc) is 2.20. The summed E-state index contributed by atoms with van der Waals surface area (Å²) in [5, 5.41) is 3.80. The molecule has 0 amide bonds. The van der Waals surface area contributed by atoms with Crippen LogP contribution in [0.3, 0.4) is 0 Å². The van der Waals surface area contributed by atoms with Gasteiger partial charge in [-0.3, -0.25) is 0 Å². The van der Waals surface area contributed by atoms with E-state index in [1.807, 2.05) is 13.8 Å². The summed E-state index contributed by atoms with van der Waals surface area (Å²) < 4.78 is 4.94. The smallest absolute Gasteiger partial charge is 0.137 e. The molecule has 12 heavy (non-hydrogen) atoms. The molecule has 0 bridgehead atoms. The summed E-state index contributed by atoms with van der Waals surface area (Å²) >= 11 is 0. The third-order valence-corrected chi connectivity index (χ3v) is 1.58. The zero-order chi connectivity index (χ0) is 7.56. The summed E-state index contributed by atoms with van der Waals surface area (Å²) in [6, 6.07) is 0. The monoisotopic (exact) mass is 212 g/mol. The number of aryl methyl sites for hydroxylation is 2. The van der Waals surface area contributed by atoms with Gasteiger partial charge in [0, 0.05) is 5.56 Å². The summed E-state index contributed by atoms with van der Waals surface area (Å²) in [6.45, 7) is 4.50. The van der Waals surface area contributed by atoms with Gasteiger partial charge in [0.05, 0.1) is 5.69 Å². The Morgan fingerprint density at radius 2 is 1.92 bits per heavy atom. The summed E-state index contributed by atoms with van der Waals surface area (Å²) in [7, 11) is 0. The maximum atomic E-state index is 5.39. The maximum absolute atomic E-state index is 5.39. The second-order valence-corrected chi connectivity index (χ2v) is 2.34. The Balaban J connectivity index is 0. The Labute approximate surface area is 84.5 Å². The number of nitrogens with zero attached hydrogens (tertiary/aromatic N) is 1. The van der Waals surface area contributed by atoms with E-state index >= 15 is 0 Å². The molecule has 1 heterocycles. The Kier molecular flexibility index (Phi) is 7.48. The van der Waals surface area contributed by atoms with E-state index in [1.54, 1.807) is 0 Å². The molecule has 0 atom stereocenters. The molecule has 0 aliphatic heterocycles. The molecule has 3 nitrogen and oxygen atoms in total. The van der Waals surface area contributed by atoms with Crippen LogP contribution in [0.5, 0.6) is 0 Å². The lowest BCUT2D eigenvalue weighted by atomic mass is 10.1. The molecule has 0 saturated heterocycles. The molecule has 5 heteroatoms. The van der Waals surface area contributed by atoms with Crippen molar-refractivity contribution in [2.45, 2.75) is 20.3 Å². The maximum Gasteiger partial charge on any atom is 0.137 e. The number of halogens is 2. The van der Waals surface area contributed by atoms with Crippen molar-refractivity contribution in [2.24, 2.45) is 5.73 Å². The number of aromatic nitrogens is 1. The molecule has 0 unspecified atom stereocenters. The van der Waals surface area contributed by atoms with Gasteiger partial charge in [-0.2, -0.15) is 0 Å². The average molecular weight is 213 g/mol. The fraction of sp³-hybridized carbons (Fsp3) is 0.571. The first-order chi connectivity index (χ1) is 4.75. The highest BCUT2D eigenvalue weighted by Crippen LogP contribution is 2.11. The zero-order valence-corrected chi connectivity index (χ0v) is 8.80. The van der Waals surface area contributed by atoms with E-state index in [4.69, 9.17) is 10.3 Å². The van der Waals surface area contributed by atoms with Crippen LogP contribution >= 0.6 is 24.8 Å². The molecule has 1 aromatic heterocycles. The fourth-order valence-electron chi connectivity index (χ4n) is 1.00. The molecule has 0 fully saturated rings. The van der Waals surface area contributed by atoms with Gasteiger partial charge in [0.25, 0.3) is 0 Å². The molecule has 0 saturated carbocycles. The molecule has 2 N–H and O–H groups in total. The van der Waals surface area contributed by atoms with Gasteiger partial charge in [-0.05, 0) is 26.8 Å². The van der Waals surface area contributed by atoms with E-state index in [0.717, 1.165) is 23.4 Å². The van der Waals surface area contributed by atoms with Crippen molar-refractivity contribution in [3.05, 3.63) is 17.0 Å². The first kappa shape index (κ1) is 14.3. The minimum atomic E-state index is 0. The van der Waals surface area contributed by atoms with E-state index in [2.05, 4.69) is 5.16 Å². The van der Waals surface area contributed by atoms with Crippen molar-refractivity contribution in [2.75, 3.05) is 6.54 Å². The third kappa shape index (κ3) is 3.01. The first-order valence-corrected chi connectivity index (χ1v) is 3.37. The van der Waals surface area contributed by atoms with Crippen molar-refractivity contribution >= 4 is 24.8 Å². The second-order valence-electron chi connectivity index (χ2n) is 2.34. The highest BCUT2D eigenvalue weighted by molar-refractivity contribution is 5.85. The molecule has 1 rings (SSSR count). The third-order valence-electron chi connectivity index (χ3n) is 1.58. The van der Waals surface area contributed by atoms with Gasteiger partial charge < -0.3 is 10.3 Å². The van der Waals surface area contributed by atoms with Crippen LogP contribution < -0.4 is 5.73 Å². The Morgan fingerprint density at radius 1 is 1.33 bits per heavy atom. The van der Waals surface area contributed by atoms with Crippen LogP contribution in [0.15, 0.2) is 4.52 Å². The molecular weight excluding hydrogens is 199 g/mol. The van der Waals surface area contributed by atoms with Gasteiger partial charge in [0.1, 0.15) is 5.76 Å². The molecule has 0 aromatic carbocycles. The van der Waals surface area contributed by atoms with Gasteiger partial charge in [0.15, 0.2) is 0 Å². The van der Waals surface area contributed by atoms with Gasteiger partial charge in [0.2, 0.25) is 0 Å². The lowest BCUT2D eigenvalue weighted by Gasteiger charge is -1.92. The standard InChI is InChI=1S/C7H12N2O.2ClH/c1-5-7(3-4-8)6(2)10-9-5;;/h3-4,8H2,1-2H3;2*1H. The van der Waals surface area contributed by atoms with Crippen molar-refractivity contribution in [1.82, 2.24) is 5.16 Å². The van der Waals surface area contributed by atoms with Crippen LogP contribution in [-0.2, 0) is 6.42 Å². The lowest BCUT2D eigenvalue weighted by Crippen LogP contribution is -2.03. The van der Waals surface area contributed by atoms with Crippen LogP contribution in [0.25, 0.3) is 0 Å². The van der Waals surface area contributed by atoms with Crippen molar-refractivity contribution in [3.8, 4) is 0 Å². The van der Waals surface area contributed by atoms with E-state index in [9.17, 15) is 0 Å². The zero-order valence-electron chi connectivity index (χ0n) is 7.16. The van der Waals surface area contributed by atoms with Crippen LogP contribution in [0.4, 0.5) is 0 Å². The van der Waals surface area contributed by atoms with Crippen molar-refractivity contribution in [3.63, 3.8) is 0 Å². The largest absolute Gasteiger partial charge is 0.361 e.